The van der Waals surface area contributed by atoms with Crippen LogP contribution in [-0.4, -0.2) is 37.1 Å². The first kappa shape index (κ1) is 12.7. The highest BCUT2D eigenvalue weighted by molar-refractivity contribution is 5.96. The van der Waals surface area contributed by atoms with Gasteiger partial charge in [0.15, 0.2) is 0 Å². The van der Waals surface area contributed by atoms with Crippen LogP contribution in [0.1, 0.15) is 13.8 Å². The molecule has 1 amide bonds. The van der Waals surface area contributed by atoms with E-state index in [0.29, 0.717) is 26.3 Å². The molecule has 0 spiro atoms. The summed E-state index contributed by atoms with van der Waals surface area (Å²) in [7, 11) is 0. The summed E-state index contributed by atoms with van der Waals surface area (Å²) in [5.41, 5.74) is 0.725. The second-order valence-corrected chi connectivity index (χ2v) is 3.55. The van der Waals surface area contributed by atoms with Crippen LogP contribution < -0.4 is 0 Å². The second-order valence-electron chi connectivity index (χ2n) is 3.55. The Bertz CT molecular complexity index is 310. The van der Waals surface area contributed by atoms with E-state index in [2.05, 4.69) is 0 Å². The lowest BCUT2D eigenvalue weighted by Gasteiger charge is -2.27. The van der Waals surface area contributed by atoms with Gasteiger partial charge in [0.05, 0.1) is 13.2 Å². The maximum atomic E-state index is 12.1. The fourth-order valence-corrected chi connectivity index (χ4v) is 1.53. The lowest BCUT2D eigenvalue weighted by atomic mass is 10.2. The summed E-state index contributed by atoms with van der Waals surface area (Å²) in [6, 6.07) is 0. The van der Waals surface area contributed by atoms with Crippen molar-refractivity contribution in [3.8, 4) is 0 Å². The van der Waals surface area contributed by atoms with Gasteiger partial charge in [0.2, 0.25) is 0 Å². The van der Waals surface area contributed by atoms with Crippen molar-refractivity contribution in [1.82, 2.24) is 4.90 Å². The fourth-order valence-electron chi connectivity index (χ4n) is 1.53. The average Bonchev–Trinajstić information content (AvgIpc) is 2.35. The zero-order chi connectivity index (χ0) is 11.8. The monoisotopic (exact) mass is 221 g/mol. The molecule has 1 aliphatic heterocycles. The molecule has 0 atom stereocenters. The number of hydrogen-bond acceptors (Lipinski definition) is 2. The van der Waals surface area contributed by atoms with E-state index in [4.69, 9.17) is 4.74 Å². The molecule has 1 saturated heterocycles. The molecule has 0 bridgehead atoms. The molecule has 16 heavy (non-hydrogen) atoms. The molecule has 0 aromatic heterocycles. The SMILES string of the molecule is C\C=C/C(=C\C=C\C)C(=O)N1CCOCC1. The summed E-state index contributed by atoms with van der Waals surface area (Å²) in [6.07, 6.45) is 9.37. The van der Waals surface area contributed by atoms with Crippen molar-refractivity contribution in [1.29, 1.82) is 0 Å². The number of rotatable bonds is 3. The van der Waals surface area contributed by atoms with E-state index < -0.39 is 0 Å². The van der Waals surface area contributed by atoms with Crippen LogP contribution in [0.25, 0.3) is 0 Å². The molecule has 1 heterocycles. The van der Waals surface area contributed by atoms with Crippen molar-refractivity contribution < 1.29 is 9.53 Å². The van der Waals surface area contributed by atoms with Crippen LogP contribution in [0.4, 0.5) is 0 Å². The van der Waals surface area contributed by atoms with Gasteiger partial charge in [-0.05, 0) is 19.9 Å². The van der Waals surface area contributed by atoms with Crippen molar-refractivity contribution >= 4 is 5.91 Å². The molecule has 0 unspecified atom stereocenters. The highest BCUT2D eigenvalue weighted by Crippen LogP contribution is 2.07. The van der Waals surface area contributed by atoms with Gasteiger partial charge in [-0.25, -0.2) is 0 Å². The van der Waals surface area contributed by atoms with Crippen molar-refractivity contribution in [3.63, 3.8) is 0 Å². The van der Waals surface area contributed by atoms with Gasteiger partial charge in [-0.2, -0.15) is 0 Å². The third kappa shape index (κ3) is 3.66. The van der Waals surface area contributed by atoms with E-state index in [1.807, 2.05) is 49.1 Å². The van der Waals surface area contributed by atoms with Crippen LogP contribution >= 0.6 is 0 Å². The Balaban J connectivity index is 2.73. The Labute approximate surface area is 97.1 Å². The largest absolute Gasteiger partial charge is 0.378 e. The summed E-state index contributed by atoms with van der Waals surface area (Å²) in [4.78, 5) is 13.9. The predicted octanol–water partition coefficient (Wildman–Crippen LogP) is 1.92. The fraction of sp³-hybridized carbons (Fsp3) is 0.462. The maximum Gasteiger partial charge on any atom is 0.253 e. The van der Waals surface area contributed by atoms with Crippen LogP contribution in [0.5, 0.6) is 0 Å². The molecular formula is C13H19NO2. The van der Waals surface area contributed by atoms with Crippen molar-refractivity contribution in [3.05, 3.63) is 36.0 Å². The van der Waals surface area contributed by atoms with Gasteiger partial charge in [0, 0.05) is 18.7 Å². The molecule has 0 aromatic rings. The van der Waals surface area contributed by atoms with E-state index in [0.717, 1.165) is 5.57 Å². The molecule has 0 N–H and O–H groups in total. The van der Waals surface area contributed by atoms with Crippen LogP contribution in [-0.2, 0) is 9.53 Å². The molecule has 1 fully saturated rings. The zero-order valence-electron chi connectivity index (χ0n) is 9.98. The molecule has 1 rings (SSSR count). The van der Waals surface area contributed by atoms with Gasteiger partial charge < -0.3 is 9.64 Å². The first-order chi connectivity index (χ1) is 7.79. The van der Waals surface area contributed by atoms with Gasteiger partial charge >= 0.3 is 0 Å². The van der Waals surface area contributed by atoms with Gasteiger partial charge in [-0.15, -0.1) is 0 Å². The van der Waals surface area contributed by atoms with Gasteiger partial charge in [-0.3, -0.25) is 4.79 Å². The summed E-state index contributed by atoms with van der Waals surface area (Å²) in [5.74, 6) is 0.0829. The van der Waals surface area contributed by atoms with Crippen LogP contribution in [0.2, 0.25) is 0 Å². The molecule has 0 aliphatic carbocycles. The number of ether oxygens (including phenoxy) is 1. The molecule has 3 heteroatoms. The highest BCUT2D eigenvalue weighted by atomic mass is 16.5. The van der Waals surface area contributed by atoms with Crippen molar-refractivity contribution in [2.45, 2.75) is 13.8 Å². The van der Waals surface area contributed by atoms with Crippen LogP contribution in [0, 0.1) is 0 Å². The third-order valence-corrected chi connectivity index (χ3v) is 2.36. The van der Waals surface area contributed by atoms with Gasteiger partial charge in [0.1, 0.15) is 0 Å². The summed E-state index contributed by atoms with van der Waals surface area (Å²) < 4.78 is 5.23. The summed E-state index contributed by atoms with van der Waals surface area (Å²) in [5, 5.41) is 0. The lowest BCUT2D eigenvalue weighted by Crippen LogP contribution is -2.41. The van der Waals surface area contributed by atoms with E-state index in [1.54, 1.807) is 0 Å². The number of nitrogens with zero attached hydrogens (tertiary/aromatic N) is 1. The van der Waals surface area contributed by atoms with E-state index >= 15 is 0 Å². The third-order valence-electron chi connectivity index (χ3n) is 2.36. The smallest absolute Gasteiger partial charge is 0.253 e. The first-order valence-corrected chi connectivity index (χ1v) is 5.62. The number of carbonyl (C=O) groups excluding carboxylic acids is 1. The normalized spacial score (nSPS) is 18.6. The highest BCUT2D eigenvalue weighted by Gasteiger charge is 2.18. The molecular weight excluding hydrogens is 202 g/mol. The molecule has 3 nitrogen and oxygen atoms in total. The topological polar surface area (TPSA) is 29.5 Å². The number of morpholine rings is 1. The number of amides is 1. The Morgan fingerprint density at radius 1 is 1.19 bits per heavy atom. The summed E-state index contributed by atoms with van der Waals surface area (Å²) in [6.45, 7) is 6.49. The van der Waals surface area contributed by atoms with E-state index in [9.17, 15) is 4.79 Å². The minimum atomic E-state index is 0.0829. The van der Waals surface area contributed by atoms with Gasteiger partial charge in [-0.1, -0.05) is 24.3 Å². The molecule has 0 aromatic carbocycles. The van der Waals surface area contributed by atoms with Crippen LogP contribution in [0.15, 0.2) is 36.0 Å². The van der Waals surface area contributed by atoms with Crippen LogP contribution in [0.3, 0.4) is 0 Å². The second kappa shape index (κ2) is 7.01. The predicted molar refractivity (Wildman–Crippen MR) is 65.1 cm³/mol. The van der Waals surface area contributed by atoms with E-state index in [-0.39, 0.29) is 5.91 Å². The minimum absolute atomic E-state index is 0.0829. The van der Waals surface area contributed by atoms with E-state index in [1.165, 1.54) is 0 Å². The lowest BCUT2D eigenvalue weighted by molar-refractivity contribution is -0.130. The zero-order valence-corrected chi connectivity index (χ0v) is 9.98. The minimum Gasteiger partial charge on any atom is -0.378 e. The number of hydrogen-bond donors (Lipinski definition) is 0. The quantitative estimate of drug-likeness (QED) is 0.538. The van der Waals surface area contributed by atoms with Crippen molar-refractivity contribution in [2.24, 2.45) is 0 Å². The Morgan fingerprint density at radius 3 is 2.44 bits per heavy atom. The standard InChI is InChI=1S/C13H19NO2/c1-3-5-7-12(6-4-2)13(15)14-8-10-16-11-9-14/h3-7H,8-11H2,1-2H3/b5-3+,6-4-,12-7+. The molecule has 1 aliphatic rings. The molecule has 0 saturated carbocycles. The summed E-state index contributed by atoms with van der Waals surface area (Å²) >= 11 is 0. The number of carbonyl (C=O) groups is 1. The Kier molecular flexibility index (Phi) is 5.57. The molecule has 88 valence electrons. The molecule has 0 radical (unpaired) electrons. The van der Waals surface area contributed by atoms with Gasteiger partial charge in [0.25, 0.3) is 5.91 Å². The number of allylic oxidation sites excluding steroid dienone is 4. The maximum absolute atomic E-state index is 12.1. The average molecular weight is 221 g/mol. The Hall–Kier alpha value is -1.35. The first-order valence-electron chi connectivity index (χ1n) is 5.62. The Morgan fingerprint density at radius 2 is 1.88 bits per heavy atom. The van der Waals surface area contributed by atoms with Crippen molar-refractivity contribution in [2.75, 3.05) is 26.3 Å².